The summed E-state index contributed by atoms with van der Waals surface area (Å²) in [5, 5.41) is 2.76. The summed E-state index contributed by atoms with van der Waals surface area (Å²) < 4.78 is 6.25. The molecule has 172 valence electrons. The Morgan fingerprint density at radius 3 is 2.16 bits per heavy atom. The van der Waals surface area contributed by atoms with E-state index in [-0.39, 0.29) is 30.8 Å². The molecule has 0 atom stereocenters. The van der Waals surface area contributed by atoms with Gasteiger partial charge < -0.3 is 10.1 Å². The lowest BCUT2D eigenvalue weighted by Crippen LogP contribution is -2.44. The van der Waals surface area contributed by atoms with Crippen LogP contribution >= 0.6 is 15.9 Å². The van der Waals surface area contributed by atoms with Crippen molar-refractivity contribution in [2.75, 3.05) is 11.9 Å². The number of carbonyl (C=O) groups excluding carboxylic acids is 3. The minimum absolute atomic E-state index is 0.00130. The summed E-state index contributed by atoms with van der Waals surface area (Å²) in [6.07, 6.45) is -0.0597. The molecule has 2 aromatic carbocycles. The molecular formula is C24H30BrN3O4. The lowest BCUT2D eigenvalue weighted by atomic mass is 9.87. The van der Waals surface area contributed by atoms with Gasteiger partial charge in [0.15, 0.2) is 6.61 Å². The number of amides is 3. The molecule has 0 unspecified atom stereocenters. The van der Waals surface area contributed by atoms with E-state index in [9.17, 15) is 14.4 Å². The molecule has 0 aliphatic carbocycles. The second-order valence-corrected chi connectivity index (χ2v) is 9.48. The first-order valence-corrected chi connectivity index (χ1v) is 11.1. The predicted molar refractivity (Wildman–Crippen MR) is 128 cm³/mol. The SMILES string of the molecule is Cc1ccc(NC(=O)CCC(=O)NNC(=O)COc2ccc(C(C)(C)C)cc2Br)cc1C. The normalized spacial score (nSPS) is 10.9. The monoisotopic (exact) mass is 503 g/mol. The smallest absolute Gasteiger partial charge is 0.276 e. The maximum Gasteiger partial charge on any atom is 0.276 e. The van der Waals surface area contributed by atoms with Crippen LogP contribution in [0.3, 0.4) is 0 Å². The highest BCUT2D eigenvalue weighted by molar-refractivity contribution is 9.10. The molecular weight excluding hydrogens is 474 g/mol. The van der Waals surface area contributed by atoms with Gasteiger partial charge in [-0.25, -0.2) is 0 Å². The average molecular weight is 504 g/mol. The van der Waals surface area contributed by atoms with Crippen LogP contribution in [0, 0.1) is 13.8 Å². The Morgan fingerprint density at radius 1 is 0.875 bits per heavy atom. The van der Waals surface area contributed by atoms with Crippen molar-refractivity contribution in [1.82, 2.24) is 10.9 Å². The van der Waals surface area contributed by atoms with Crippen molar-refractivity contribution >= 4 is 39.3 Å². The molecule has 2 rings (SSSR count). The first-order valence-electron chi connectivity index (χ1n) is 10.3. The molecule has 2 aromatic rings. The summed E-state index contributed by atoms with van der Waals surface area (Å²) in [4.78, 5) is 35.9. The molecule has 0 fully saturated rings. The zero-order chi connectivity index (χ0) is 23.9. The van der Waals surface area contributed by atoms with Crippen molar-refractivity contribution in [3.63, 3.8) is 0 Å². The zero-order valence-electron chi connectivity index (χ0n) is 19.1. The Labute approximate surface area is 197 Å². The molecule has 0 spiro atoms. The fraction of sp³-hybridized carbons (Fsp3) is 0.375. The molecule has 32 heavy (non-hydrogen) atoms. The number of benzene rings is 2. The summed E-state index contributed by atoms with van der Waals surface area (Å²) in [6.45, 7) is 10.0. The molecule has 0 aliphatic heterocycles. The highest BCUT2D eigenvalue weighted by Crippen LogP contribution is 2.31. The molecule has 8 heteroatoms. The fourth-order valence-electron chi connectivity index (χ4n) is 2.74. The molecule has 3 N–H and O–H groups in total. The van der Waals surface area contributed by atoms with E-state index < -0.39 is 11.8 Å². The minimum atomic E-state index is -0.510. The van der Waals surface area contributed by atoms with Crippen molar-refractivity contribution in [3.05, 3.63) is 57.6 Å². The maximum atomic E-state index is 12.0. The van der Waals surface area contributed by atoms with Gasteiger partial charge in [0.05, 0.1) is 4.47 Å². The summed E-state index contributed by atoms with van der Waals surface area (Å²) in [5.74, 6) is -0.724. The largest absolute Gasteiger partial charge is 0.483 e. The number of hydrogen-bond donors (Lipinski definition) is 3. The topological polar surface area (TPSA) is 96.5 Å². The van der Waals surface area contributed by atoms with Crippen molar-refractivity contribution in [3.8, 4) is 5.75 Å². The molecule has 7 nitrogen and oxygen atoms in total. The van der Waals surface area contributed by atoms with Gasteiger partial charge in [0.2, 0.25) is 11.8 Å². The van der Waals surface area contributed by atoms with Crippen molar-refractivity contribution in [2.45, 2.75) is 52.9 Å². The summed E-state index contributed by atoms with van der Waals surface area (Å²) in [5.41, 5.74) is 8.60. The number of halogens is 1. The Kier molecular flexibility index (Phi) is 8.83. The van der Waals surface area contributed by atoms with Gasteiger partial charge >= 0.3 is 0 Å². The number of anilines is 1. The third kappa shape index (κ3) is 8.00. The van der Waals surface area contributed by atoms with E-state index in [1.54, 1.807) is 6.07 Å². The molecule has 0 saturated heterocycles. The zero-order valence-corrected chi connectivity index (χ0v) is 20.7. The minimum Gasteiger partial charge on any atom is -0.483 e. The van der Waals surface area contributed by atoms with Gasteiger partial charge in [0, 0.05) is 18.5 Å². The van der Waals surface area contributed by atoms with Crippen molar-refractivity contribution in [1.29, 1.82) is 0 Å². The number of hydrazine groups is 1. The van der Waals surface area contributed by atoms with Gasteiger partial charge in [-0.15, -0.1) is 0 Å². The van der Waals surface area contributed by atoms with Crippen LogP contribution in [0.4, 0.5) is 5.69 Å². The van der Waals surface area contributed by atoms with E-state index in [2.05, 4.69) is 52.9 Å². The first kappa shape index (κ1) is 25.4. The Hall–Kier alpha value is -2.87. The van der Waals surface area contributed by atoms with Crippen molar-refractivity contribution in [2.24, 2.45) is 0 Å². The molecule has 0 bridgehead atoms. The van der Waals surface area contributed by atoms with Crippen LogP contribution in [0.5, 0.6) is 5.75 Å². The lowest BCUT2D eigenvalue weighted by Gasteiger charge is -2.20. The molecule has 0 heterocycles. The van der Waals surface area contributed by atoms with E-state index in [1.165, 1.54) is 0 Å². The van der Waals surface area contributed by atoms with E-state index in [0.29, 0.717) is 11.4 Å². The van der Waals surface area contributed by atoms with E-state index in [4.69, 9.17) is 4.74 Å². The van der Waals surface area contributed by atoms with E-state index >= 15 is 0 Å². The molecule has 0 aliphatic rings. The summed E-state index contributed by atoms with van der Waals surface area (Å²) in [7, 11) is 0. The average Bonchev–Trinajstić information content (AvgIpc) is 2.71. The maximum absolute atomic E-state index is 12.0. The Bertz CT molecular complexity index is 999. The quantitative estimate of drug-likeness (QED) is 0.490. The predicted octanol–water partition coefficient (Wildman–Crippen LogP) is 4.31. The van der Waals surface area contributed by atoms with Gasteiger partial charge in [-0.3, -0.25) is 25.2 Å². The molecule has 3 amide bonds. The van der Waals surface area contributed by atoms with Crippen molar-refractivity contribution < 1.29 is 19.1 Å². The highest BCUT2D eigenvalue weighted by Gasteiger charge is 2.16. The Balaban J connectivity index is 1.71. The highest BCUT2D eigenvalue weighted by atomic mass is 79.9. The second-order valence-electron chi connectivity index (χ2n) is 8.63. The second kappa shape index (κ2) is 11.1. The van der Waals surface area contributed by atoms with Gasteiger partial charge in [-0.2, -0.15) is 0 Å². The van der Waals surface area contributed by atoms with Gasteiger partial charge in [0.1, 0.15) is 5.75 Å². The molecule has 0 saturated carbocycles. The van der Waals surface area contributed by atoms with Crippen LogP contribution in [0.15, 0.2) is 40.9 Å². The number of carbonyl (C=O) groups is 3. The Morgan fingerprint density at radius 2 is 1.53 bits per heavy atom. The third-order valence-corrected chi connectivity index (χ3v) is 5.49. The number of ether oxygens (including phenoxy) is 1. The van der Waals surface area contributed by atoms with E-state index in [0.717, 1.165) is 21.2 Å². The van der Waals surface area contributed by atoms with Crippen LogP contribution in [0.1, 0.15) is 50.3 Å². The first-order chi connectivity index (χ1) is 15.0. The van der Waals surface area contributed by atoms with Crippen LogP contribution in [-0.4, -0.2) is 24.3 Å². The van der Waals surface area contributed by atoms with Gasteiger partial charge in [0.25, 0.3) is 5.91 Å². The van der Waals surface area contributed by atoms with Crippen LogP contribution in [0.2, 0.25) is 0 Å². The number of nitrogens with one attached hydrogen (secondary N) is 3. The summed E-state index contributed by atoms with van der Waals surface area (Å²) >= 11 is 3.45. The lowest BCUT2D eigenvalue weighted by molar-refractivity contribution is -0.130. The van der Waals surface area contributed by atoms with E-state index in [1.807, 2.05) is 44.2 Å². The van der Waals surface area contributed by atoms with Crippen LogP contribution in [0.25, 0.3) is 0 Å². The number of rotatable bonds is 7. The number of hydrogen-bond acceptors (Lipinski definition) is 4. The van der Waals surface area contributed by atoms with Crippen LogP contribution < -0.4 is 20.9 Å². The van der Waals surface area contributed by atoms with Gasteiger partial charge in [-0.1, -0.05) is 32.9 Å². The standard InChI is InChI=1S/C24H30BrN3O4/c1-15-6-8-18(12-16(15)2)26-21(29)10-11-22(30)27-28-23(31)14-32-20-9-7-17(13-19(20)25)24(3,4)5/h6-9,12-13H,10-11,14H2,1-5H3,(H,26,29)(H,27,30)(H,28,31). The summed E-state index contributed by atoms with van der Waals surface area (Å²) in [6, 6.07) is 11.3. The van der Waals surface area contributed by atoms with Gasteiger partial charge in [-0.05, 0) is 76.1 Å². The van der Waals surface area contributed by atoms with Crippen LogP contribution in [-0.2, 0) is 19.8 Å². The number of aryl methyl sites for hydroxylation is 2. The third-order valence-electron chi connectivity index (χ3n) is 4.87. The molecule has 0 aromatic heterocycles. The fourth-order valence-corrected chi connectivity index (χ4v) is 3.23. The molecule has 0 radical (unpaired) electrons.